The number of aliphatic hydroxyl groups excluding tert-OH is 1. The lowest BCUT2D eigenvalue weighted by molar-refractivity contribution is -0.140. The molecule has 3 nitrogen and oxygen atoms in total. The first kappa shape index (κ1) is 16.8. The van der Waals surface area contributed by atoms with Crippen molar-refractivity contribution in [2.24, 2.45) is 0 Å². The lowest BCUT2D eigenvalue weighted by Crippen LogP contribution is -2.09. The summed E-state index contributed by atoms with van der Waals surface area (Å²) >= 11 is 1.81. The number of esters is 1. The normalized spacial score (nSPS) is 12.4. The molecule has 0 fully saturated rings. The average molecular weight is 262 g/mol. The van der Waals surface area contributed by atoms with Crippen molar-refractivity contribution in [2.75, 3.05) is 18.6 Å². The summed E-state index contributed by atoms with van der Waals surface area (Å²) in [5, 5.41) is 9.61. The van der Waals surface area contributed by atoms with Gasteiger partial charge in [0, 0.05) is 12.2 Å². The number of unbranched alkanes of at least 4 members (excludes halogenated alkanes) is 3. The molecule has 1 unspecified atom stereocenters. The van der Waals surface area contributed by atoms with Gasteiger partial charge in [-0.15, -0.1) is 0 Å². The zero-order valence-corrected chi connectivity index (χ0v) is 11.9. The lowest BCUT2D eigenvalue weighted by Gasteiger charge is -2.09. The van der Waals surface area contributed by atoms with Crippen LogP contribution >= 0.6 is 11.8 Å². The van der Waals surface area contributed by atoms with Crippen LogP contribution in [0, 0.1) is 0 Å². The second kappa shape index (κ2) is 12.2. The van der Waals surface area contributed by atoms with E-state index in [0.29, 0.717) is 6.42 Å². The molecule has 0 aromatic heterocycles. The van der Waals surface area contributed by atoms with Crippen molar-refractivity contribution in [3.8, 4) is 0 Å². The first-order valence-electron chi connectivity index (χ1n) is 6.53. The summed E-state index contributed by atoms with van der Waals surface area (Å²) in [6.45, 7) is 2.14. The fourth-order valence-corrected chi connectivity index (χ4v) is 2.51. The highest BCUT2D eigenvalue weighted by atomic mass is 32.2. The number of carbonyl (C=O) groups excluding carboxylic acids is 1. The fraction of sp³-hybridized carbons (Fsp3) is 0.923. The average Bonchev–Trinajstić information content (AvgIpc) is 2.34. The van der Waals surface area contributed by atoms with Gasteiger partial charge in [0.15, 0.2) is 0 Å². The maximum atomic E-state index is 10.8. The minimum Gasteiger partial charge on any atom is -0.469 e. The van der Waals surface area contributed by atoms with Gasteiger partial charge in [-0.2, -0.15) is 11.8 Å². The zero-order valence-electron chi connectivity index (χ0n) is 11.1. The molecular weight excluding hydrogens is 236 g/mol. The molecule has 0 rings (SSSR count). The SMILES string of the molecule is CCCCC(O)CSCCCCCC(=O)OC. The van der Waals surface area contributed by atoms with Crippen LogP contribution in [0.1, 0.15) is 51.9 Å². The van der Waals surface area contributed by atoms with Gasteiger partial charge in [0.25, 0.3) is 0 Å². The van der Waals surface area contributed by atoms with E-state index in [9.17, 15) is 9.90 Å². The minimum atomic E-state index is -0.144. The minimum absolute atomic E-state index is 0.118. The van der Waals surface area contributed by atoms with E-state index in [0.717, 1.165) is 50.0 Å². The smallest absolute Gasteiger partial charge is 0.305 e. The molecule has 1 N–H and O–H groups in total. The van der Waals surface area contributed by atoms with Crippen LogP contribution < -0.4 is 0 Å². The molecule has 4 heteroatoms. The first-order valence-corrected chi connectivity index (χ1v) is 7.68. The topological polar surface area (TPSA) is 46.5 Å². The molecule has 0 bridgehead atoms. The van der Waals surface area contributed by atoms with Gasteiger partial charge in [0.05, 0.1) is 13.2 Å². The largest absolute Gasteiger partial charge is 0.469 e. The number of hydrogen-bond acceptors (Lipinski definition) is 4. The first-order chi connectivity index (χ1) is 8.20. The Labute approximate surface area is 109 Å². The highest BCUT2D eigenvalue weighted by molar-refractivity contribution is 7.99. The maximum absolute atomic E-state index is 10.8. The lowest BCUT2D eigenvalue weighted by atomic mass is 10.2. The molecular formula is C13H26O3S. The summed E-state index contributed by atoms with van der Waals surface area (Å²) in [7, 11) is 1.43. The van der Waals surface area contributed by atoms with Crippen molar-refractivity contribution in [1.29, 1.82) is 0 Å². The Morgan fingerprint density at radius 3 is 2.71 bits per heavy atom. The number of methoxy groups -OCH3 is 1. The van der Waals surface area contributed by atoms with Crippen molar-refractivity contribution in [1.82, 2.24) is 0 Å². The monoisotopic (exact) mass is 262 g/mol. The summed E-state index contributed by atoms with van der Waals surface area (Å²) in [5.41, 5.74) is 0. The zero-order chi connectivity index (χ0) is 12.9. The Morgan fingerprint density at radius 1 is 1.29 bits per heavy atom. The molecule has 17 heavy (non-hydrogen) atoms. The third kappa shape index (κ3) is 12.0. The predicted molar refractivity (Wildman–Crippen MR) is 73.3 cm³/mol. The van der Waals surface area contributed by atoms with E-state index in [4.69, 9.17) is 0 Å². The summed E-state index contributed by atoms with van der Waals surface area (Å²) in [4.78, 5) is 10.8. The second-order valence-electron chi connectivity index (χ2n) is 4.26. The highest BCUT2D eigenvalue weighted by Gasteiger charge is 2.03. The van der Waals surface area contributed by atoms with E-state index in [-0.39, 0.29) is 12.1 Å². The van der Waals surface area contributed by atoms with E-state index in [1.807, 2.05) is 11.8 Å². The Kier molecular flexibility index (Phi) is 12.1. The molecule has 0 amide bonds. The van der Waals surface area contributed by atoms with Crippen molar-refractivity contribution >= 4 is 17.7 Å². The second-order valence-corrected chi connectivity index (χ2v) is 5.41. The van der Waals surface area contributed by atoms with Crippen LogP contribution in [-0.2, 0) is 9.53 Å². The van der Waals surface area contributed by atoms with E-state index in [1.165, 1.54) is 7.11 Å². The quantitative estimate of drug-likeness (QED) is 0.459. The van der Waals surface area contributed by atoms with Crippen LogP contribution in [-0.4, -0.2) is 35.8 Å². The van der Waals surface area contributed by atoms with Gasteiger partial charge in [-0.1, -0.05) is 26.2 Å². The summed E-state index contributed by atoms with van der Waals surface area (Å²) in [6.07, 6.45) is 6.65. The molecule has 0 saturated carbocycles. The van der Waals surface area contributed by atoms with Crippen molar-refractivity contribution < 1.29 is 14.6 Å². The summed E-state index contributed by atoms with van der Waals surface area (Å²) in [6, 6.07) is 0. The van der Waals surface area contributed by atoms with Crippen LogP contribution in [0.5, 0.6) is 0 Å². The van der Waals surface area contributed by atoms with E-state index >= 15 is 0 Å². The Morgan fingerprint density at radius 2 is 2.06 bits per heavy atom. The van der Waals surface area contributed by atoms with Gasteiger partial charge >= 0.3 is 5.97 Å². The molecule has 0 radical (unpaired) electrons. The number of ether oxygens (including phenoxy) is 1. The Balaban J connectivity index is 3.15. The van der Waals surface area contributed by atoms with Gasteiger partial charge in [-0.3, -0.25) is 4.79 Å². The van der Waals surface area contributed by atoms with Crippen molar-refractivity contribution in [3.63, 3.8) is 0 Å². The molecule has 0 saturated heterocycles. The Bertz CT molecular complexity index is 186. The van der Waals surface area contributed by atoms with Gasteiger partial charge in [-0.25, -0.2) is 0 Å². The summed E-state index contributed by atoms with van der Waals surface area (Å²) in [5.74, 6) is 1.80. The summed E-state index contributed by atoms with van der Waals surface area (Å²) < 4.78 is 4.57. The molecule has 0 spiro atoms. The van der Waals surface area contributed by atoms with Crippen LogP contribution in [0.25, 0.3) is 0 Å². The maximum Gasteiger partial charge on any atom is 0.305 e. The van der Waals surface area contributed by atoms with Crippen molar-refractivity contribution in [3.05, 3.63) is 0 Å². The molecule has 0 heterocycles. The number of hydrogen-bond donors (Lipinski definition) is 1. The van der Waals surface area contributed by atoms with Crippen LogP contribution in [0.2, 0.25) is 0 Å². The standard InChI is InChI=1S/C13H26O3S/c1-3-4-8-12(14)11-17-10-7-5-6-9-13(15)16-2/h12,14H,3-11H2,1-2H3. The number of aliphatic hydroxyl groups is 1. The van der Waals surface area contributed by atoms with Crippen molar-refractivity contribution in [2.45, 2.75) is 58.0 Å². The van der Waals surface area contributed by atoms with E-state index in [2.05, 4.69) is 11.7 Å². The van der Waals surface area contributed by atoms with Gasteiger partial charge in [-0.05, 0) is 25.0 Å². The van der Waals surface area contributed by atoms with Gasteiger partial charge < -0.3 is 9.84 Å². The number of thioether (sulfide) groups is 1. The predicted octanol–water partition coefficient (Wildman–Crippen LogP) is 3.00. The van der Waals surface area contributed by atoms with E-state index in [1.54, 1.807) is 0 Å². The van der Waals surface area contributed by atoms with Crippen LogP contribution in [0.4, 0.5) is 0 Å². The molecule has 1 atom stereocenters. The molecule has 0 aliphatic heterocycles. The van der Waals surface area contributed by atoms with Gasteiger partial charge in [0.1, 0.15) is 0 Å². The third-order valence-corrected chi connectivity index (χ3v) is 3.80. The third-order valence-electron chi connectivity index (χ3n) is 2.60. The molecule has 0 aromatic rings. The number of carbonyl (C=O) groups is 1. The molecule has 102 valence electrons. The molecule has 0 aliphatic rings. The molecule has 0 aliphatic carbocycles. The highest BCUT2D eigenvalue weighted by Crippen LogP contribution is 2.12. The Hall–Kier alpha value is -0.220. The van der Waals surface area contributed by atoms with Crippen LogP contribution in [0.15, 0.2) is 0 Å². The number of rotatable bonds is 11. The van der Waals surface area contributed by atoms with Gasteiger partial charge in [0.2, 0.25) is 0 Å². The van der Waals surface area contributed by atoms with Crippen LogP contribution in [0.3, 0.4) is 0 Å². The molecule has 0 aromatic carbocycles. The van der Waals surface area contributed by atoms with E-state index < -0.39 is 0 Å². The fourth-order valence-electron chi connectivity index (χ4n) is 1.49.